The van der Waals surface area contributed by atoms with Gasteiger partial charge in [-0.3, -0.25) is 10.4 Å². The molecule has 0 fully saturated rings. The van der Waals surface area contributed by atoms with Crippen molar-refractivity contribution in [2.24, 2.45) is 5.84 Å². The Labute approximate surface area is 96.9 Å². The van der Waals surface area contributed by atoms with Gasteiger partial charge in [0, 0.05) is 22.8 Å². The molecule has 0 aliphatic heterocycles. The number of thiazole rings is 1. The third kappa shape index (κ3) is 2.65. The van der Waals surface area contributed by atoms with Crippen molar-refractivity contribution in [2.75, 3.05) is 10.7 Å². The van der Waals surface area contributed by atoms with E-state index in [0.717, 1.165) is 16.4 Å². The van der Waals surface area contributed by atoms with E-state index in [1.54, 1.807) is 16.8 Å². The molecule has 0 radical (unpaired) electrons. The second-order valence-electron chi connectivity index (χ2n) is 3.18. The lowest BCUT2D eigenvalue weighted by Gasteiger charge is -2.06. The van der Waals surface area contributed by atoms with Gasteiger partial charge in [0.25, 0.3) is 0 Å². The molecule has 0 saturated carbocycles. The predicted octanol–water partition coefficient (Wildman–Crippen LogP) is 1.14. The zero-order valence-electron chi connectivity index (χ0n) is 8.77. The van der Waals surface area contributed by atoms with Crippen molar-refractivity contribution in [2.45, 2.75) is 13.5 Å². The summed E-state index contributed by atoms with van der Waals surface area (Å²) in [7, 11) is 0. The number of nitrogens with one attached hydrogen (secondary N) is 2. The maximum atomic E-state index is 5.27. The highest BCUT2D eigenvalue weighted by Gasteiger charge is 2.01. The van der Waals surface area contributed by atoms with Crippen molar-refractivity contribution in [1.82, 2.24) is 15.0 Å². The van der Waals surface area contributed by atoms with Gasteiger partial charge in [-0.05, 0) is 6.92 Å². The average Bonchev–Trinajstić information content (AvgIpc) is 2.78. The molecule has 0 aliphatic carbocycles. The molecule has 2 rings (SSSR count). The van der Waals surface area contributed by atoms with Crippen LogP contribution in [-0.2, 0) is 6.54 Å². The summed E-state index contributed by atoms with van der Waals surface area (Å²) in [5.41, 5.74) is 5.09. The molecule has 4 N–H and O–H groups in total. The number of aryl methyl sites for hydroxylation is 1. The van der Waals surface area contributed by atoms with Gasteiger partial charge in [-0.15, -0.1) is 11.3 Å². The summed E-state index contributed by atoms with van der Waals surface area (Å²) in [5, 5.41) is 3.19. The third-order valence-electron chi connectivity index (χ3n) is 1.91. The van der Waals surface area contributed by atoms with Gasteiger partial charge in [0.2, 0.25) is 5.95 Å². The highest BCUT2D eigenvalue weighted by Crippen LogP contribution is 2.12. The minimum atomic E-state index is 0.409. The zero-order valence-corrected chi connectivity index (χ0v) is 9.58. The molecule has 7 heteroatoms. The van der Waals surface area contributed by atoms with Crippen molar-refractivity contribution in [1.29, 1.82) is 0 Å². The van der Waals surface area contributed by atoms with Crippen LogP contribution >= 0.6 is 11.3 Å². The summed E-state index contributed by atoms with van der Waals surface area (Å²) in [5.74, 6) is 6.42. The molecule has 0 atom stereocenters. The Balaban J connectivity index is 2.06. The molecule has 6 nitrogen and oxygen atoms in total. The number of hydrazine groups is 1. The van der Waals surface area contributed by atoms with Crippen LogP contribution in [0.2, 0.25) is 0 Å². The van der Waals surface area contributed by atoms with Crippen LogP contribution in [0.1, 0.15) is 10.6 Å². The molecule has 0 amide bonds. The smallest absolute Gasteiger partial charge is 0.239 e. The quantitative estimate of drug-likeness (QED) is 0.545. The van der Waals surface area contributed by atoms with E-state index in [4.69, 9.17) is 5.84 Å². The number of anilines is 2. The standard InChI is InChI=1S/C9H12N6S/c1-6-2-8(14-9(13-6)15-10)12-4-7-3-11-5-16-7/h2-3,5H,4,10H2,1H3,(H2,12,13,14,15). The fourth-order valence-electron chi connectivity index (χ4n) is 1.23. The van der Waals surface area contributed by atoms with Gasteiger partial charge >= 0.3 is 0 Å². The molecule has 2 heterocycles. The van der Waals surface area contributed by atoms with Gasteiger partial charge in [-0.25, -0.2) is 10.8 Å². The second-order valence-corrected chi connectivity index (χ2v) is 4.15. The largest absolute Gasteiger partial charge is 0.365 e. The normalized spacial score (nSPS) is 10.1. The van der Waals surface area contributed by atoms with Crippen molar-refractivity contribution < 1.29 is 0 Å². The highest BCUT2D eigenvalue weighted by atomic mass is 32.1. The third-order valence-corrected chi connectivity index (χ3v) is 2.69. The Morgan fingerprint density at radius 2 is 2.31 bits per heavy atom. The van der Waals surface area contributed by atoms with Crippen molar-refractivity contribution in [3.63, 3.8) is 0 Å². The van der Waals surface area contributed by atoms with E-state index in [2.05, 4.69) is 25.7 Å². The Hall–Kier alpha value is -1.73. The number of hydrogen-bond acceptors (Lipinski definition) is 7. The molecule has 0 aromatic carbocycles. The van der Waals surface area contributed by atoms with Gasteiger partial charge in [-0.1, -0.05) is 0 Å². The Bertz CT molecular complexity index is 455. The molecule has 0 saturated heterocycles. The van der Waals surface area contributed by atoms with E-state index < -0.39 is 0 Å². The summed E-state index contributed by atoms with van der Waals surface area (Å²) >= 11 is 1.60. The van der Waals surface area contributed by atoms with Crippen LogP contribution in [0.3, 0.4) is 0 Å². The van der Waals surface area contributed by atoms with Gasteiger partial charge < -0.3 is 5.32 Å². The minimum absolute atomic E-state index is 0.409. The van der Waals surface area contributed by atoms with Crippen LogP contribution in [0.4, 0.5) is 11.8 Å². The summed E-state index contributed by atoms with van der Waals surface area (Å²) in [6.07, 6.45) is 1.83. The van der Waals surface area contributed by atoms with E-state index in [1.807, 2.05) is 19.2 Å². The number of nitrogens with zero attached hydrogens (tertiary/aromatic N) is 3. The summed E-state index contributed by atoms with van der Waals surface area (Å²) in [6.45, 7) is 2.59. The summed E-state index contributed by atoms with van der Waals surface area (Å²) in [6, 6.07) is 1.86. The molecule has 0 unspecified atom stereocenters. The molecular weight excluding hydrogens is 224 g/mol. The SMILES string of the molecule is Cc1cc(NCc2cncs2)nc(NN)n1. The first-order valence-corrected chi connectivity index (χ1v) is 5.59. The first-order chi connectivity index (χ1) is 7.78. The zero-order chi connectivity index (χ0) is 11.4. The lowest BCUT2D eigenvalue weighted by molar-refractivity contribution is 1.04. The minimum Gasteiger partial charge on any atom is -0.365 e. The van der Waals surface area contributed by atoms with Crippen molar-refractivity contribution in [3.05, 3.63) is 28.3 Å². The Kier molecular flexibility index (Phi) is 3.28. The number of nitrogens with two attached hydrogens (primary N) is 1. The second kappa shape index (κ2) is 4.86. The topological polar surface area (TPSA) is 88.8 Å². The van der Waals surface area contributed by atoms with Crippen LogP contribution in [0, 0.1) is 6.92 Å². The van der Waals surface area contributed by atoms with E-state index in [1.165, 1.54) is 0 Å². The van der Waals surface area contributed by atoms with Crippen LogP contribution in [0.25, 0.3) is 0 Å². The highest BCUT2D eigenvalue weighted by molar-refractivity contribution is 7.09. The first-order valence-electron chi connectivity index (χ1n) is 4.71. The maximum absolute atomic E-state index is 5.27. The molecule has 16 heavy (non-hydrogen) atoms. The molecule has 2 aromatic rings. The van der Waals surface area contributed by atoms with Gasteiger partial charge in [0.1, 0.15) is 5.82 Å². The van der Waals surface area contributed by atoms with E-state index in [-0.39, 0.29) is 0 Å². The van der Waals surface area contributed by atoms with Gasteiger partial charge in [-0.2, -0.15) is 4.98 Å². The predicted molar refractivity (Wildman–Crippen MR) is 64.0 cm³/mol. The van der Waals surface area contributed by atoms with Crippen molar-refractivity contribution in [3.8, 4) is 0 Å². The van der Waals surface area contributed by atoms with Crippen LogP contribution in [-0.4, -0.2) is 15.0 Å². The summed E-state index contributed by atoms with van der Waals surface area (Å²) < 4.78 is 0. The molecule has 0 bridgehead atoms. The number of hydrogen-bond donors (Lipinski definition) is 3. The fourth-order valence-corrected chi connectivity index (χ4v) is 1.77. The lowest BCUT2D eigenvalue weighted by atomic mass is 10.4. The van der Waals surface area contributed by atoms with Crippen LogP contribution in [0.5, 0.6) is 0 Å². The van der Waals surface area contributed by atoms with E-state index >= 15 is 0 Å². The number of aromatic nitrogens is 3. The molecule has 84 valence electrons. The van der Waals surface area contributed by atoms with Gasteiger partial charge in [0.15, 0.2) is 0 Å². The fraction of sp³-hybridized carbons (Fsp3) is 0.222. The molecule has 2 aromatic heterocycles. The van der Waals surface area contributed by atoms with Gasteiger partial charge in [0.05, 0.1) is 12.1 Å². The average molecular weight is 236 g/mol. The monoisotopic (exact) mass is 236 g/mol. The van der Waals surface area contributed by atoms with E-state index in [0.29, 0.717) is 12.5 Å². The number of nitrogen functional groups attached to an aromatic ring is 1. The number of rotatable bonds is 4. The lowest BCUT2D eigenvalue weighted by Crippen LogP contribution is -2.12. The van der Waals surface area contributed by atoms with Crippen molar-refractivity contribution >= 4 is 23.1 Å². The first kappa shape index (κ1) is 10.8. The van der Waals surface area contributed by atoms with Crippen LogP contribution < -0.4 is 16.6 Å². The maximum Gasteiger partial charge on any atom is 0.239 e. The van der Waals surface area contributed by atoms with Crippen LogP contribution in [0.15, 0.2) is 17.8 Å². The molecule has 0 aliphatic rings. The molecule has 0 spiro atoms. The Morgan fingerprint density at radius 3 is 3.00 bits per heavy atom. The molecular formula is C9H12N6S. The summed E-state index contributed by atoms with van der Waals surface area (Å²) in [4.78, 5) is 13.4. The van der Waals surface area contributed by atoms with E-state index in [9.17, 15) is 0 Å². The Morgan fingerprint density at radius 1 is 1.44 bits per heavy atom.